The van der Waals surface area contributed by atoms with E-state index < -0.39 is 17.1 Å². The van der Waals surface area contributed by atoms with E-state index >= 15 is 0 Å². The summed E-state index contributed by atoms with van der Waals surface area (Å²) in [5, 5.41) is 0.195. The molecule has 1 unspecified atom stereocenters. The molecule has 0 heterocycles. The molecule has 0 aliphatic heterocycles. The number of nitrogens with zero attached hydrogens (tertiary/aromatic N) is 1. The molecule has 1 aromatic carbocycles. The number of anilines is 1. The van der Waals surface area contributed by atoms with Crippen LogP contribution < -0.4 is 4.31 Å². The second-order valence-corrected chi connectivity index (χ2v) is 6.32. The maximum absolute atomic E-state index is 14.2. The lowest BCUT2D eigenvalue weighted by Crippen LogP contribution is -2.28. The second-order valence-electron chi connectivity index (χ2n) is 5.08. The van der Waals surface area contributed by atoms with E-state index in [9.17, 15) is 17.9 Å². The van der Waals surface area contributed by atoms with Crippen molar-refractivity contribution >= 4 is 35.0 Å². The van der Waals surface area contributed by atoms with Crippen LogP contribution in [0, 0.1) is 5.82 Å². The van der Waals surface area contributed by atoms with Crippen LogP contribution in [-0.2, 0) is 20.8 Å². The maximum Gasteiger partial charge on any atom is 0.293 e. The van der Waals surface area contributed by atoms with Crippen molar-refractivity contribution in [3.05, 3.63) is 40.3 Å². The van der Waals surface area contributed by atoms with E-state index in [2.05, 4.69) is 0 Å². The Hall–Kier alpha value is -1.44. The molecular weight excluding hydrogens is 345 g/mol. The molecule has 1 aliphatic carbocycles. The molecule has 1 aliphatic rings. The Labute approximate surface area is 141 Å². The van der Waals surface area contributed by atoms with Crippen LogP contribution in [0.2, 0.25) is 5.02 Å². The molecule has 0 bridgehead atoms. The Morgan fingerprint density at radius 3 is 2.78 bits per heavy atom. The Morgan fingerprint density at radius 1 is 1.39 bits per heavy atom. The highest BCUT2D eigenvalue weighted by Gasteiger charge is 2.23. The topological polar surface area (TPSA) is 69.7 Å². The van der Waals surface area contributed by atoms with E-state index in [1.165, 1.54) is 12.1 Å². The fourth-order valence-electron chi connectivity index (χ4n) is 2.66. The summed E-state index contributed by atoms with van der Waals surface area (Å²) >= 11 is 3.06. The molecule has 0 fully saturated rings. The van der Waals surface area contributed by atoms with Crippen LogP contribution in [0.25, 0.3) is 0 Å². The van der Waals surface area contributed by atoms with Crippen LogP contribution in [0.1, 0.15) is 32.1 Å². The van der Waals surface area contributed by atoms with E-state index in [1.807, 2.05) is 0 Å². The minimum Gasteiger partial charge on any atom is -0.755 e. The molecule has 0 amide bonds. The van der Waals surface area contributed by atoms with Gasteiger partial charge in [0, 0.05) is 17.1 Å². The molecule has 1 atom stereocenters. The number of ether oxygens (including phenoxy) is 1. The van der Waals surface area contributed by atoms with Crippen molar-refractivity contribution in [3.63, 3.8) is 0 Å². The first kappa shape index (κ1) is 17.9. The fourth-order valence-corrected chi connectivity index (χ4v) is 3.53. The molecule has 5 nitrogen and oxygen atoms in total. The lowest BCUT2D eigenvalue weighted by molar-refractivity contribution is -0.128. The zero-order chi connectivity index (χ0) is 16.8. The van der Waals surface area contributed by atoms with E-state index in [0.29, 0.717) is 31.4 Å². The average molecular weight is 361 g/mol. The Morgan fingerprint density at radius 2 is 2.13 bits per heavy atom. The van der Waals surface area contributed by atoms with Crippen molar-refractivity contribution in [1.29, 1.82) is 0 Å². The minimum absolute atomic E-state index is 0.0616. The summed E-state index contributed by atoms with van der Waals surface area (Å²) in [6.45, 7) is 0.524. The van der Waals surface area contributed by atoms with Gasteiger partial charge >= 0.3 is 0 Å². The highest BCUT2D eigenvalue weighted by molar-refractivity contribution is 7.80. The maximum atomic E-state index is 14.2. The van der Waals surface area contributed by atoms with E-state index in [1.54, 1.807) is 0 Å². The molecule has 0 spiro atoms. The monoisotopic (exact) mass is 360 g/mol. The highest BCUT2D eigenvalue weighted by atomic mass is 35.5. The highest BCUT2D eigenvalue weighted by Crippen LogP contribution is 2.35. The van der Waals surface area contributed by atoms with Crippen LogP contribution in [0.5, 0.6) is 0 Å². The van der Waals surface area contributed by atoms with Gasteiger partial charge in [-0.25, -0.2) is 4.39 Å². The van der Waals surface area contributed by atoms with Gasteiger partial charge in [0.25, 0.3) is 6.47 Å². The zero-order valence-electron chi connectivity index (χ0n) is 12.3. The third-order valence-corrected chi connectivity index (χ3v) is 4.61. The predicted molar refractivity (Wildman–Crippen MR) is 84.9 cm³/mol. The molecule has 23 heavy (non-hydrogen) atoms. The second kappa shape index (κ2) is 8.42. The molecule has 0 N–H and O–H groups in total. The first-order chi connectivity index (χ1) is 11.0. The third-order valence-electron chi connectivity index (χ3n) is 3.66. The molecule has 0 radical (unpaired) electrons. The first-order valence-electron chi connectivity index (χ1n) is 7.15. The van der Waals surface area contributed by atoms with Gasteiger partial charge in [-0.15, -0.1) is 0 Å². The SMILES string of the molecule is O=COCCC1=C(N(c2ccc(Cl)cc2F)S(=O)[O-])CCCC1. The van der Waals surface area contributed by atoms with Gasteiger partial charge in [0.2, 0.25) is 0 Å². The Bertz CT molecular complexity index is 638. The summed E-state index contributed by atoms with van der Waals surface area (Å²) in [6, 6.07) is 3.86. The quantitative estimate of drug-likeness (QED) is 0.424. The van der Waals surface area contributed by atoms with Crippen LogP contribution in [-0.4, -0.2) is 21.8 Å². The normalized spacial score (nSPS) is 16.1. The molecule has 0 aromatic heterocycles. The summed E-state index contributed by atoms with van der Waals surface area (Å²) in [5.74, 6) is -0.705. The van der Waals surface area contributed by atoms with E-state index in [4.69, 9.17) is 16.3 Å². The van der Waals surface area contributed by atoms with Crippen molar-refractivity contribution in [1.82, 2.24) is 0 Å². The molecule has 8 heteroatoms. The van der Waals surface area contributed by atoms with Gasteiger partial charge in [-0.05, 0) is 49.5 Å². The summed E-state index contributed by atoms with van der Waals surface area (Å²) < 4.78 is 43.3. The van der Waals surface area contributed by atoms with E-state index in [0.717, 1.165) is 28.8 Å². The number of rotatable bonds is 7. The van der Waals surface area contributed by atoms with Gasteiger partial charge < -0.3 is 9.29 Å². The molecule has 0 saturated carbocycles. The van der Waals surface area contributed by atoms with Gasteiger partial charge in [0.05, 0.1) is 23.6 Å². The zero-order valence-corrected chi connectivity index (χ0v) is 13.9. The van der Waals surface area contributed by atoms with Gasteiger partial charge in [0.15, 0.2) is 0 Å². The lowest BCUT2D eigenvalue weighted by Gasteiger charge is -2.33. The number of allylic oxidation sites excluding steroid dienone is 1. The molecule has 0 saturated heterocycles. The molecule has 1 aromatic rings. The molecular formula is C15H16ClFNO4S-. The molecule has 126 valence electrons. The van der Waals surface area contributed by atoms with Crippen LogP contribution in [0.15, 0.2) is 29.5 Å². The van der Waals surface area contributed by atoms with Crippen LogP contribution >= 0.6 is 11.6 Å². The van der Waals surface area contributed by atoms with Gasteiger partial charge in [-0.2, -0.15) is 0 Å². The minimum atomic E-state index is -2.66. The number of benzene rings is 1. The summed E-state index contributed by atoms with van der Waals surface area (Å²) in [6.07, 6.45) is 3.38. The average Bonchev–Trinajstić information content (AvgIpc) is 2.51. The van der Waals surface area contributed by atoms with Crippen molar-refractivity contribution in [2.75, 3.05) is 10.9 Å². The summed E-state index contributed by atoms with van der Waals surface area (Å²) in [5.41, 5.74) is 1.34. The van der Waals surface area contributed by atoms with E-state index in [-0.39, 0.29) is 17.3 Å². The van der Waals surface area contributed by atoms with Crippen LogP contribution in [0.3, 0.4) is 0 Å². The van der Waals surface area contributed by atoms with Crippen molar-refractivity contribution < 1.29 is 22.7 Å². The van der Waals surface area contributed by atoms with Gasteiger partial charge in [-0.1, -0.05) is 11.6 Å². The standard InChI is InChI=1S/C15H17ClFNO4S/c16-12-5-6-15(13(17)9-12)18(23(20)21)14-4-2-1-3-11(14)7-8-22-10-19/h5-6,9-10H,1-4,7-8H2,(H,20,21)/p-1. The number of hydrogen-bond acceptors (Lipinski definition) is 4. The van der Waals surface area contributed by atoms with Crippen molar-refractivity contribution in [2.45, 2.75) is 32.1 Å². The number of carbonyl (C=O) groups excluding carboxylic acids is 1. The Balaban J connectivity index is 2.40. The summed E-state index contributed by atoms with van der Waals surface area (Å²) in [7, 11) is 0. The molecule has 2 rings (SSSR count). The van der Waals surface area contributed by atoms with Crippen molar-refractivity contribution in [3.8, 4) is 0 Å². The lowest BCUT2D eigenvalue weighted by atomic mass is 9.94. The van der Waals surface area contributed by atoms with Gasteiger partial charge in [-0.3, -0.25) is 13.3 Å². The Kier molecular flexibility index (Phi) is 6.56. The number of carbonyl (C=O) groups is 1. The number of halogens is 2. The van der Waals surface area contributed by atoms with Gasteiger partial charge in [0.1, 0.15) is 5.82 Å². The fraction of sp³-hybridized carbons (Fsp3) is 0.400. The van der Waals surface area contributed by atoms with Crippen molar-refractivity contribution in [2.24, 2.45) is 0 Å². The largest absolute Gasteiger partial charge is 0.755 e. The number of hydrogen-bond donors (Lipinski definition) is 0. The predicted octanol–water partition coefficient (Wildman–Crippen LogP) is 3.47. The third kappa shape index (κ3) is 4.53. The van der Waals surface area contributed by atoms with Crippen LogP contribution in [0.4, 0.5) is 10.1 Å². The summed E-state index contributed by atoms with van der Waals surface area (Å²) in [4.78, 5) is 10.3. The smallest absolute Gasteiger partial charge is 0.293 e. The first-order valence-corrected chi connectivity index (χ1v) is 8.56.